The molecule has 0 aromatic heterocycles. The summed E-state index contributed by atoms with van der Waals surface area (Å²) in [7, 11) is 0. The molecule has 0 spiro atoms. The molecule has 0 aliphatic carbocycles. The topological polar surface area (TPSA) is 61.8 Å². The zero-order valence-corrected chi connectivity index (χ0v) is 12.0. The Hall–Kier alpha value is -1.05. The number of nitrogens with zero attached hydrogens (tertiary/aromatic N) is 1. The molecule has 1 unspecified atom stereocenters. The molecule has 1 aromatic carbocycles. The van der Waals surface area contributed by atoms with Crippen LogP contribution in [0.25, 0.3) is 0 Å². The summed E-state index contributed by atoms with van der Waals surface area (Å²) < 4.78 is 0.799. The Morgan fingerprint density at radius 2 is 2.18 bits per heavy atom. The summed E-state index contributed by atoms with van der Waals surface area (Å²) in [4.78, 5) is 0. The van der Waals surface area contributed by atoms with Gasteiger partial charge in [-0.2, -0.15) is 5.26 Å². The Bertz CT molecular complexity index is 437. The first-order valence-corrected chi connectivity index (χ1v) is 6.40. The van der Waals surface area contributed by atoms with Crippen LogP contribution in [0.2, 0.25) is 0 Å². The van der Waals surface area contributed by atoms with E-state index in [4.69, 9.17) is 11.0 Å². The molecule has 3 nitrogen and oxygen atoms in total. The van der Waals surface area contributed by atoms with Crippen LogP contribution in [0.1, 0.15) is 26.3 Å². The number of hydrogen-bond acceptors (Lipinski definition) is 3. The fraction of sp³-hybridized carbons (Fsp3) is 0.462. The molecule has 17 heavy (non-hydrogen) atoms. The van der Waals surface area contributed by atoms with Gasteiger partial charge in [0.1, 0.15) is 6.07 Å². The predicted molar refractivity (Wildman–Crippen MR) is 74.8 cm³/mol. The van der Waals surface area contributed by atoms with Crippen LogP contribution in [-0.4, -0.2) is 12.1 Å². The molecular weight excluding hydrogens is 278 g/mol. The van der Waals surface area contributed by atoms with Crippen LogP contribution in [0.3, 0.4) is 0 Å². The quantitative estimate of drug-likeness (QED) is 0.897. The number of hydrogen-bond donors (Lipinski definition) is 2. The molecule has 4 heteroatoms. The van der Waals surface area contributed by atoms with Gasteiger partial charge in [0.05, 0.1) is 5.56 Å². The Kier molecular flexibility index (Phi) is 4.55. The van der Waals surface area contributed by atoms with Gasteiger partial charge in [-0.15, -0.1) is 0 Å². The third kappa shape index (κ3) is 3.21. The zero-order valence-electron chi connectivity index (χ0n) is 10.4. The molecule has 0 saturated carbocycles. The van der Waals surface area contributed by atoms with Gasteiger partial charge in [-0.1, -0.05) is 13.8 Å². The number of benzene rings is 1. The second-order valence-corrected chi connectivity index (χ2v) is 5.56. The second kappa shape index (κ2) is 5.52. The number of nitrogens with one attached hydrogen (secondary N) is 1. The highest BCUT2D eigenvalue weighted by molar-refractivity contribution is 9.10. The zero-order chi connectivity index (χ0) is 13.1. The summed E-state index contributed by atoms with van der Waals surface area (Å²) in [6.45, 7) is 6.93. The summed E-state index contributed by atoms with van der Waals surface area (Å²) in [5.74, 6) is 0.418. The van der Waals surface area contributed by atoms with Crippen molar-refractivity contribution in [3.05, 3.63) is 28.2 Å². The lowest BCUT2D eigenvalue weighted by atomic mass is 9.88. The minimum absolute atomic E-state index is 0.145. The number of rotatable bonds is 4. The molecule has 3 N–H and O–H groups in total. The number of anilines is 1. The van der Waals surface area contributed by atoms with E-state index < -0.39 is 0 Å². The lowest BCUT2D eigenvalue weighted by Gasteiger charge is -2.34. The molecule has 1 aromatic rings. The lowest BCUT2D eigenvalue weighted by Crippen LogP contribution is -2.47. The van der Waals surface area contributed by atoms with Crippen molar-refractivity contribution >= 4 is 21.6 Å². The monoisotopic (exact) mass is 295 g/mol. The highest BCUT2D eigenvalue weighted by Gasteiger charge is 2.26. The van der Waals surface area contributed by atoms with Gasteiger partial charge in [0.15, 0.2) is 0 Å². The van der Waals surface area contributed by atoms with Gasteiger partial charge in [0.2, 0.25) is 0 Å². The van der Waals surface area contributed by atoms with E-state index in [9.17, 15) is 0 Å². The van der Waals surface area contributed by atoms with Crippen molar-refractivity contribution in [2.45, 2.75) is 26.3 Å². The first-order valence-electron chi connectivity index (χ1n) is 5.61. The van der Waals surface area contributed by atoms with E-state index in [1.54, 1.807) is 6.07 Å². The molecule has 0 amide bonds. The van der Waals surface area contributed by atoms with Gasteiger partial charge in [-0.05, 0) is 47.0 Å². The second-order valence-electron chi connectivity index (χ2n) is 4.71. The van der Waals surface area contributed by atoms with Crippen LogP contribution in [0, 0.1) is 17.2 Å². The third-order valence-electron chi connectivity index (χ3n) is 3.22. The average molecular weight is 296 g/mol. The summed E-state index contributed by atoms with van der Waals surface area (Å²) >= 11 is 3.38. The summed E-state index contributed by atoms with van der Waals surface area (Å²) in [6, 6.07) is 7.73. The lowest BCUT2D eigenvalue weighted by molar-refractivity contribution is 0.382. The Morgan fingerprint density at radius 3 is 2.59 bits per heavy atom. The van der Waals surface area contributed by atoms with Crippen LogP contribution < -0.4 is 11.1 Å². The minimum Gasteiger partial charge on any atom is -0.378 e. The van der Waals surface area contributed by atoms with Gasteiger partial charge >= 0.3 is 0 Å². The molecule has 0 saturated heterocycles. The van der Waals surface area contributed by atoms with E-state index in [0.717, 1.165) is 10.2 Å². The fourth-order valence-electron chi connectivity index (χ4n) is 1.44. The van der Waals surface area contributed by atoms with Gasteiger partial charge in [0, 0.05) is 22.2 Å². The molecule has 1 rings (SSSR count). The number of nitriles is 1. The van der Waals surface area contributed by atoms with Gasteiger partial charge in [-0.25, -0.2) is 0 Å². The van der Waals surface area contributed by atoms with E-state index in [1.165, 1.54) is 0 Å². The van der Waals surface area contributed by atoms with Gasteiger partial charge in [0.25, 0.3) is 0 Å². The van der Waals surface area contributed by atoms with E-state index >= 15 is 0 Å². The molecule has 1 atom stereocenters. The van der Waals surface area contributed by atoms with E-state index in [-0.39, 0.29) is 5.54 Å². The third-order valence-corrected chi connectivity index (χ3v) is 3.87. The first-order chi connectivity index (χ1) is 7.92. The fourth-order valence-corrected chi connectivity index (χ4v) is 1.91. The Balaban J connectivity index is 2.96. The van der Waals surface area contributed by atoms with Crippen LogP contribution in [0.15, 0.2) is 22.7 Å². The molecular formula is C13H18BrN3. The van der Waals surface area contributed by atoms with Crippen LogP contribution in [0.5, 0.6) is 0 Å². The molecule has 92 valence electrons. The van der Waals surface area contributed by atoms with Crippen molar-refractivity contribution in [1.82, 2.24) is 0 Å². The first kappa shape index (κ1) is 14.0. The summed E-state index contributed by atoms with van der Waals surface area (Å²) in [5.41, 5.74) is 7.28. The smallest absolute Gasteiger partial charge is 0.100 e. The SMILES string of the molecule is CC(C)C(C)(CN)Nc1ccc(C#N)c(Br)c1. The maximum atomic E-state index is 8.86. The molecule has 0 fully saturated rings. The van der Waals surface area contributed by atoms with Gasteiger partial charge in [-0.3, -0.25) is 0 Å². The van der Waals surface area contributed by atoms with E-state index in [2.05, 4.69) is 48.1 Å². The number of nitrogens with two attached hydrogens (primary N) is 1. The minimum atomic E-state index is -0.145. The van der Waals surface area contributed by atoms with E-state index in [0.29, 0.717) is 18.0 Å². The molecule has 0 heterocycles. The van der Waals surface area contributed by atoms with Gasteiger partial charge < -0.3 is 11.1 Å². The van der Waals surface area contributed by atoms with Crippen molar-refractivity contribution in [3.63, 3.8) is 0 Å². The molecule has 0 aliphatic rings. The van der Waals surface area contributed by atoms with Crippen LogP contribution in [0.4, 0.5) is 5.69 Å². The van der Waals surface area contributed by atoms with Crippen molar-refractivity contribution in [2.75, 3.05) is 11.9 Å². The maximum Gasteiger partial charge on any atom is 0.100 e. The highest BCUT2D eigenvalue weighted by atomic mass is 79.9. The predicted octanol–water partition coefficient (Wildman–Crippen LogP) is 3.11. The molecule has 0 aliphatic heterocycles. The maximum absolute atomic E-state index is 8.86. The van der Waals surface area contributed by atoms with Crippen molar-refractivity contribution in [1.29, 1.82) is 5.26 Å². The normalized spacial score (nSPS) is 14.2. The number of halogens is 1. The van der Waals surface area contributed by atoms with Crippen molar-refractivity contribution < 1.29 is 0 Å². The average Bonchev–Trinajstić information content (AvgIpc) is 2.29. The summed E-state index contributed by atoms with van der Waals surface area (Å²) in [6.07, 6.45) is 0. The van der Waals surface area contributed by atoms with E-state index in [1.807, 2.05) is 12.1 Å². The Labute approximate surface area is 111 Å². The molecule has 0 bridgehead atoms. The largest absolute Gasteiger partial charge is 0.378 e. The standard InChI is InChI=1S/C13H18BrN3/c1-9(2)13(3,8-16)17-11-5-4-10(7-15)12(14)6-11/h4-6,9,17H,8,16H2,1-3H3. The highest BCUT2D eigenvalue weighted by Crippen LogP contribution is 2.26. The molecule has 0 radical (unpaired) electrons. The summed E-state index contributed by atoms with van der Waals surface area (Å²) in [5, 5.41) is 12.3. The van der Waals surface area contributed by atoms with Crippen LogP contribution in [-0.2, 0) is 0 Å². The van der Waals surface area contributed by atoms with Crippen LogP contribution >= 0.6 is 15.9 Å². The Morgan fingerprint density at radius 1 is 1.53 bits per heavy atom. The van der Waals surface area contributed by atoms with Crippen molar-refractivity contribution in [2.24, 2.45) is 11.7 Å². The van der Waals surface area contributed by atoms with Crippen molar-refractivity contribution in [3.8, 4) is 6.07 Å².